The lowest BCUT2D eigenvalue weighted by Gasteiger charge is -2.20. The summed E-state index contributed by atoms with van der Waals surface area (Å²) in [6, 6.07) is 7.98. The fraction of sp³-hybridized carbons (Fsp3) is 0.462. The van der Waals surface area contributed by atoms with Crippen molar-refractivity contribution in [1.82, 2.24) is 9.80 Å². The maximum absolute atomic E-state index is 12.2. The number of anilines is 1. The van der Waals surface area contributed by atoms with Gasteiger partial charge >= 0.3 is 6.03 Å². The second kappa shape index (κ2) is 5.71. The predicted molar refractivity (Wildman–Crippen MR) is 77.0 cm³/mol. The number of halogens is 1. The van der Waals surface area contributed by atoms with E-state index in [1.165, 1.54) is 0 Å². The first-order chi connectivity index (χ1) is 8.58. The molecule has 0 aliphatic carbocycles. The highest BCUT2D eigenvalue weighted by Gasteiger charge is 2.28. The van der Waals surface area contributed by atoms with Gasteiger partial charge in [0.1, 0.15) is 0 Å². The normalized spacial score (nSPS) is 15.9. The third-order valence-corrected chi connectivity index (χ3v) is 3.58. The number of hydrogen-bond donors (Lipinski definition) is 0. The summed E-state index contributed by atoms with van der Waals surface area (Å²) in [5.41, 5.74) is 0.968. The Morgan fingerprint density at radius 1 is 1.22 bits per heavy atom. The van der Waals surface area contributed by atoms with Crippen LogP contribution in [-0.4, -0.2) is 56.1 Å². The lowest BCUT2D eigenvalue weighted by molar-refractivity contribution is 0.215. The van der Waals surface area contributed by atoms with Crippen molar-refractivity contribution in [1.29, 1.82) is 0 Å². The van der Waals surface area contributed by atoms with Crippen molar-refractivity contribution in [3.05, 3.63) is 28.7 Å². The van der Waals surface area contributed by atoms with Gasteiger partial charge in [0.2, 0.25) is 0 Å². The number of carbonyl (C=O) groups excluding carboxylic acids is 1. The van der Waals surface area contributed by atoms with E-state index in [9.17, 15) is 4.79 Å². The van der Waals surface area contributed by atoms with Gasteiger partial charge in [0.05, 0.1) is 0 Å². The second-order valence-electron chi connectivity index (χ2n) is 4.70. The molecule has 2 rings (SSSR count). The summed E-state index contributed by atoms with van der Waals surface area (Å²) >= 11 is 3.40. The van der Waals surface area contributed by atoms with Crippen LogP contribution < -0.4 is 4.90 Å². The van der Waals surface area contributed by atoms with Crippen LogP contribution in [0.5, 0.6) is 0 Å². The van der Waals surface area contributed by atoms with Gasteiger partial charge in [-0.05, 0) is 38.4 Å². The van der Waals surface area contributed by atoms with Crippen molar-refractivity contribution in [2.75, 3.05) is 45.2 Å². The van der Waals surface area contributed by atoms with Crippen LogP contribution >= 0.6 is 15.9 Å². The topological polar surface area (TPSA) is 26.8 Å². The fourth-order valence-electron chi connectivity index (χ4n) is 1.97. The van der Waals surface area contributed by atoms with Crippen molar-refractivity contribution >= 4 is 27.6 Å². The Morgan fingerprint density at radius 2 is 1.89 bits per heavy atom. The van der Waals surface area contributed by atoms with Gasteiger partial charge in [0.25, 0.3) is 0 Å². The Balaban J connectivity index is 2.00. The molecule has 0 radical (unpaired) electrons. The molecule has 0 aromatic heterocycles. The first-order valence-electron chi connectivity index (χ1n) is 6.04. The number of benzene rings is 1. The van der Waals surface area contributed by atoms with Gasteiger partial charge in [0, 0.05) is 36.3 Å². The Hall–Kier alpha value is -1.07. The lowest BCUT2D eigenvalue weighted by Crippen LogP contribution is -2.36. The number of nitrogens with zero attached hydrogens (tertiary/aromatic N) is 3. The van der Waals surface area contributed by atoms with Crippen LogP contribution in [0.1, 0.15) is 0 Å². The first-order valence-corrected chi connectivity index (χ1v) is 6.84. The molecule has 1 aromatic rings. The number of rotatable bonds is 4. The summed E-state index contributed by atoms with van der Waals surface area (Å²) in [6.45, 7) is 3.27. The van der Waals surface area contributed by atoms with E-state index in [1.807, 2.05) is 48.2 Å². The van der Waals surface area contributed by atoms with Crippen LogP contribution in [0.3, 0.4) is 0 Å². The van der Waals surface area contributed by atoms with Gasteiger partial charge < -0.3 is 9.80 Å². The number of urea groups is 1. The summed E-state index contributed by atoms with van der Waals surface area (Å²) in [4.78, 5) is 18.1. The van der Waals surface area contributed by atoms with E-state index in [2.05, 4.69) is 20.8 Å². The molecule has 1 saturated heterocycles. The maximum atomic E-state index is 12.2. The van der Waals surface area contributed by atoms with E-state index in [0.717, 1.165) is 36.3 Å². The van der Waals surface area contributed by atoms with Crippen LogP contribution in [-0.2, 0) is 0 Å². The van der Waals surface area contributed by atoms with E-state index in [0.29, 0.717) is 0 Å². The third-order valence-electron chi connectivity index (χ3n) is 3.05. The molecule has 1 aromatic carbocycles. The van der Waals surface area contributed by atoms with Gasteiger partial charge in [-0.25, -0.2) is 4.79 Å². The van der Waals surface area contributed by atoms with Gasteiger partial charge in [-0.15, -0.1) is 0 Å². The minimum Gasteiger partial charge on any atom is -0.321 e. The summed E-state index contributed by atoms with van der Waals surface area (Å²) in [7, 11) is 4.04. The van der Waals surface area contributed by atoms with Crippen LogP contribution in [0, 0.1) is 0 Å². The Labute approximate surface area is 116 Å². The predicted octanol–water partition coefficient (Wildman–Crippen LogP) is 2.25. The summed E-state index contributed by atoms with van der Waals surface area (Å²) in [5.74, 6) is 0. The molecular formula is C13H18BrN3O. The van der Waals surface area contributed by atoms with Gasteiger partial charge in [-0.1, -0.05) is 15.9 Å². The van der Waals surface area contributed by atoms with Crippen molar-refractivity contribution < 1.29 is 4.79 Å². The molecule has 0 atom stereocenters. The van der Waals surface area contributed by atoms with Crippen molar-refractivity contribution in [3.63, 3.8) is 0 Å². The number of carbonyl (C=O) groups is 1. The molecule has 1 fully saturated rings. The molecule has 5 heteroatoms. The van der Waals surface area contributed by atoms with E-state index in [4.69, 9.17) is 0 Å². The molecule has 2 amide bonds. The summed E-state index contributed by atoms with van der Waals surface area (Å²) in [5, 5.41) is 0. The van der Waals surface area contributed by atoms with E-state index in [-0.39, 0.29) is 6.03 Å². The first kappa shape index (κ1) is 13.4. The Morgan fingerprint density at radius 3 is 2.50 bits per heavy atom. The molecule has 1 aliphatic rings. The van der Waals surface area contributed by atoms with Crippen LogP contribution in [0.15, 0.2) is 28.7 Å². The second-order valence-corrected chi connectivity index (χ2v) is 5.62. The smallest absolute Gasteiger partial charge is 0.321 e. The van der Waals surface area contributed by atoms with Gasteiger partial charge in [0.15, 0.2) is 0 Å². The molecule has 1 aliphatic heterocycles. The van der Waals surface area contributed by atoms with Crippen LogP contribution in [0.25, 0.3) is 0 Å². The summed E-state index contributed by atoms with van der Waals surface area (Å²) < 4.78 is 1.03. The molecule has 0 unspecified atom stereocenters. The quantitative estimate of drug-likeness (QED) is 0.852. The molecular weight excluding hydrogens is 294 g/mol. The maximum Gasteiger partial charge on any atom is 0.324 e. The molecule has 0 N–H and O–H groups in total. The Bertz CT molecular complexity index is 419. The van der Waals surface area contributed by atoms with Gasteiger partial charge in [-0.3, -0.25) is 4.90 Å². The zero-order chi connectivity index (χ0) is 13.1. The average molecular weight is 312 g/mol. The van der Waals surface area contributed by atoms with E-state index in [1.54, 1.807) is 0 Å². The zero-order valence-electron chi connectivity index (χ0n) is 10.8. The van der Waals surface area contributed by atoms with Crippen molar-refractivity contribution in [2.24, 2.45) is 0 Å². The summed E-state index contributed by atoms with van der Waals surface area (Å²) in [6.07, 6.45) is 0. The highest BCUT2D eigenvalue weighted by Crippen LogP contribution is 2.22. The Kier molecular flexibility index (Phi) is 4.24. The lowest BCUT2D eigenvalue weighted by atomic mass is 10.3. The standard InChI is InChI=1S/C13H18BrN3O/c1-15(2)7-8-16-9-10-17(13(16)18)12-5-3-11(14)4-6-12/h3-6H,7-10H2,1-2H3. The largest absolute Gasteiger partial charge is 0.324 e. The highest BCUT2D eigenvalue weighted by molar-refractivity contribution is 9.10. The van der Waals surface area contributed by atoms with E-state index < -0.39 is 0 Å². The fourth-order valence-corrected chi connectivity index (χ4v) is 2.24. The molecule has 1 heterocycles. The number of likely N-dealkylation sites (N-methyl/N-ethyl adjacent to an activating group) is 1. The van der Waals surface area contributed by atoms with E-state index >= 15 is 0 Å². The zero-order valence-corrected chi connectivity index (χ0v) is 12.4. The monoisotopic (exact) mass is 311 g/mol. The average Bonchev–Trinajstić information content (AvgIpc) is 2.69. The van der Waals surface area contributed by atoms with Crippen LogP contribution in [0.2, 0.25) is 0 Å². The number of amides is 2. The minimum absolute atomic E-state index is 0.110. The SMILES string of the molecule is CN(C)CCN1CCN(c2ccc(Br)cc2)C1=O. The minimum atomic E-state index is 0.110. The molecule has 4 nitrogen and oxygen atoms in total. The molecule has 98 valence electrons. The van der Waals surface area contributed by atoms with Crippen LogP contribution in [0.4, 0.5) is 10.5 Å². The van der Waals surface area contributed by atoms with Gasteiger partial charge in [-0.2, -0.15) is 0 Å². The highest BCUT2D eigenvalue weighted by atomic mass is 79.9. The molecule has 0 spiro atoms. The third kappa shape index (κ3) is 3.03. The molecule has 18 heavy (non-hydrogen) atoms. The van der Waals surface area contributed by atoms with Crippen molar-refractivity contribution in [2.45, 2.75) is 0 Å². The molecule has 0 bridgehead atoms. The molecule has 0 saturated carbocycles. The van der Waals surface area contributed by atoms with Crippen molar-refractivity contribution in [3.8, 4) is 0 Å². The number of hydrogen-bond acceptors (Lipinski definition) is 2.